The van der Waals surface area contributed by atoms with Crippen LogP contribution in [0.1, 0.15) is 6.92 Å². The number of ether oxygens (including phenoxy) is 1. The first-order valence-electron chi connectivity index (χ1n) is 4.32. The number of halogens is 3. The summed E-state index contributed by atoms with van der Waals surface area (Å²) in [6, 6.07) is 0. The van der Waals surface area contributed by atoms with Crippen molar-refractivity contribution in [2.45, 2.75) is 18.6 Å². The maximum atomic E-state index is 10.6. The number of hydrogen-bond donors (Lipinski definition) is 2. The van der Waals surface area contributed by atoms with Gasteiger partial charge in [-0.1, -0.05) is 5.92 Å². The van der Waals surface area contributed by atoms with E-state index in [-0.39, 0.29) is 5.54 Å². The van der Waals surface area contributed by atoms with Crippen molar-refractivity contribution in [2.24, 2.45) is 0 Å². The highest BCUT2D eigenvalue weighted by molar-refractivity contribution is 5.73. The number of carboxylic acid groups (broad SMARTS) is 1. The molecule has 16 heavy (non-hydrogen) atoms. The molecule has 1 rings (SSSR count). The maximum Gasteiger partial charge on any atom is 0.490 e. The highest BCUT2D eigenvalue weighted by Gasteiger charge is 2.38. The van der Waals surface area contributed by atoms with Crippen molar-refractivity contribution in [3.05, 3.63) is 0 Å². The second-order valence-electron chi connectivity index (χ2n) is 3.26. The molecule has 1 aliphatic rings. The molecular formula is C9H12F3NO3. The van der Waals surface area contributed by atoms with Crippen LogP contribution < -0.4 is 5.32 Å². The molecule has 7 heteroatoms. The molecule has 0 aromatic rings. The van der Waals surface area contributed by atoms with Crippen molar-refractivity contribution in [1.29, 1.82) is 0 Å². The Morgan fingerprint density at radius 2 is 2.12 bits per heavy atom. The van der Waals surface area contributed by atoms with E-state index in [1.165, 1.54) is 0 Å². The Morgan fingerprint density at radius 1 is 1.62 bits per heavy atom. The molecule has 4 nitrogen and oxygen atoms in total. The third-order valence-electron chi connectivity index (χ3n) is 1.71. The molecule has 1 unspecified atom stereocenters. The summed E-state index contributed by atoms with van der Waals surface area (Å²) >= 11 is 0. The molecule has 92 valence electrons. The zero-order valence-electron chi connectivity index (χ0n) is 8.60. The van der Waals surface area contributed by atoms with Crippen molar-refractivity contribution < 1.29 is 27.8 Å². The van der Waals surface area contributed by atoms with Crippen molar-refractivity contribution >= 4 is 5.97 Å². The summed E-state index contributed by atoms with van der Waals surface area (Å²) in [4.78, 5) is 8.90. The summed E-state index contributed by atoms with van der Waals surface area (Å²) in [5.41, 5.74) is -0.224. The first kappa shape index (κ1) is 14.7. The normalized spacial score (nSPS) is 24.9. The van der Waals surface area contributed by atoms with Gasteiger partial charge in [-0.3, -0.25) is 5.32 Å². The van der Waals surface area contributed by atoms with E-state index in [2.05, 4.69) is 11.2 Å². The quantitative estimate of drug-likeness (QED) is 0.609. The second-order valence-corrected chi connectivity index (χ2v) is 3.26. The van der Waals surface area contributed by atoms with Crippen LogP contribution in [0.3, 0.4) is 0 Å². The number of hydrogen-bond acceptors (Lipinski definition) is 3. The van der Waals surface area contributed by atoms with Crippen molar-refractivity contribution in [3.8, 4) is 12.3 Å². The Labute approximate surface area is 90.8 Å². The Balaban J connectivity index is 0.000000293. The van der Waals surface area contributed by atoms with Crippen molar-refractivity contribution in [1.82, 2.24) is 5.32 Å². The zero-order chi connectivity index (χ0) is 12.8. The molecule has 1 aliphatic heterocycles. The predicted molar refractivity (Wildman–Crippen MR) is 49.8 cm³/mol. The van der Waals surface area contributed by atoms with Crippen LogP contribution in [0.15, 0.2) is 0 Å². The molecule has 0 spiro atoms. The van der Waals surface area contributed by atoms with Crippen LogP contribution in [-0.2, 0) is 9.53 Å². The summed E-state index contributed by atoms with van der Waals surface area (Å²) in [7, 11) is 0. The van der Waals surface area contributed by atoms with Crippen LogP contribution in [0.25, 0.3) is 0 Å². The molecule has 1 atom stereocenters. The summed E-state index contributed by atoms with van der Waals surface area (Å²) in [5.74, 6) is -0.113. The summed E-state index contributed by atoms with van der Waals surface area (Å²) in [5, 5.41) is 10.3. The molecule has 1 fully saturated rings. The number of aliphatic carboxylic acids is 1. The largest absolute Gasteiger partial charge is 0.490 e. The van der Waals surface area contributed by atoms with Crippen LogP contribution in [0.4, 0.5) is 13.2 Å². The first-order chi connectivity index (χ1) is 7.21. The van der Waals surface area contributed by atoms with Crippen LogP contribution >= 0.6 is 0 Å². The van der Waals surface area contributed by atoms with Crippen LogP contribution in [0.2, 0.25) is 0 Å². The minimum absolute atomic E-state index is 0.224. The minimum Gasteiger partial charge on any atom is -0.475 e. The average Bonchev–Trinajstić information content (AvgIpc) is 2.18. The number of terminal acetylenes is 1. The number of carboxylic acids is 1. The minimum atomic E-state index is -5.08. The molecule has 0 saturated carbocycles. The van der Waals surface area contributed by atoms with Gasteiger partial charge in [0.1, 0.15) is 5.54 Å². The van der Waals surface area contributed by atoms with Gasteiger partial charge in [0.15, 0.2) is 0 Å². The molecule has 0 aromatic heterocycles. The number of morpholine rings is 1. The fraction of sp³-hybridized carbons (Fsp3) is 0.667. The number of nitrogens with one attached hydrogen (secondary N) is 1. The topological polar surface area (TPSA) is 58.6 Å². The molecule has 1 saturated heterocycles. The van der Waals surface area contributed by atoms with Gasteiger partial charge in [-0.2, -0.15) is 13.2 Å². The Bertz CT molecular complexity index is 277. The van der Waals surface area contributed by atoms with Gasteiger partial charge in [-0.15, -0.1) is 6.42 Å². The molecule has 0 bridgehead atoms. The van der Waals surface area contributed by atoms with Gasteiger partial charge >= 0.3 is 12.1 Å². The molecule has 0 amide bonds. The van der Waals surface area contributed by atoms with Crippen molar-refractivity contribution in [3.63, 3.8) is 0 Å². The smallest absolute Gasteiger partial charge is 0.475 e. The third-order valence-corrected chi connectivity index (χ3v) is 1.71. The second kappa shape index (κ2) is 5.72. The van der Waals surface area contributed by atoms with Crippen LogP contribution in [0, 0.1) is 12.3 Å². The van der Waals surface area contributed by atoms with E-state index in [4.69, 9.17) is 21.1 Å². The SMILES string of the molecule is C#CC1(C)COCCN1.O=C(O)C(F)(F)F. The van der Waals surface area contributed by atoms with Crippen molar-refractivity contribution in [2.75, 3.05) is 19.8 Å². The average molecular weight is 239 g/mol. The Kier molecular flexibility index (Phi) is 5.27. The molecule has 2 N–H and O–H groups in total. The molecule has 0 radical (unpaired) electrons. The highest BCUT2D eigenvalue weighted by Crippen LogP contribution is 2.13. The summed E-state index contributed by atoms with van der Waals surface area (Å²) in [6.45, 7) is 4.23. The molecule has 0 aliphatic carbocycles. The van der Waals surface area contributed by atoms with Gasteiger partial charge in [0.25, 0.3) is 0 Å². The standard InChI is InChI=1S/C7H11NO.C2HF3O2/c1-3-7(2)6-9-5-4-8-7;3-2(4,5)1(6)7/h1,8H,4-6H2,2H3;(H,6,7). The van der Waals surface area contributed by atoms with Gasteiger partial charge in [0.05, 0.1) is 13.2 Å². The van der Waals surface area contributed by atoms with E-state index in [1.807, 2.05) is 6.92 Å². The van der Waals surface area contributed by atoms with E-state index >= 15 is 0 Å². The van der Waals surface area contributed by atoms with E-state index in [0.29, 0.717) is 6.61 Å². The Morgan fingerprint density at radius 3 is 2.31 bits per heavy atom. The lowest BCUT2D eigenvalue weighted by molar-refractivity contribution is -0.192. The third kappa shape index (κ3) is 5.58. The van der Waals surface area contributed by atoms with Gasteiger partial charge in [-0.05, 0) is 6.92 Å². The first-order valence-corrected chi connectivity index (χ1v) is 4.32. The number of alkyl halides is 3. The zero-order valence-corrected chi connectivity index (χ0v) is 8.60. The summed E-state index contributed by atoms with van der Waals surface area (Å²) in [6.07, 6.45) is 0.162. The maximum absolute atomic E-state index is 10.6. The Hall–Kier alpha value is -1.26. The lowest BCUT2D eigenvalue weighted by Gasteiger charge is -2.29. The molecule has 0 aromatic carbocycles. The number of rotatable bonds is 0. The fourth-order valence-corrected chi connectivity index (χ4v) is 0.819. The number of carbonyl (C=O) groups is 1. The highest BCUT2D eigenvalue weighted by atomic mass is 19.4. The van der Waals surface area contributed by atoms with Gasteiger partial charge in [-0.25, -0.2) is 4.79 Å². The van der Waals surface area contributed by atoms with E-state index in [9.17, 15) is 13.2 Å². The monoisotopic (exact) mass is 239 g/mol. The predicted octanol–water partition coefficient (Wildman–Crippen LogP) is 0.631. The molecule has 1 heterocycles. The lowest BCUT2D eigenvalue weighted by Crippen LogP contribution is -2.50. The summed E-state index contributed by atoms with van der Waals surface area (Å²) < 4.78 is 36.9. The van der Waals surface area contributed by atoms with Gasteiger partial charge in [0.2, 0.25) is 0 Å². The van der Waals surface area contributed by atoms with Crippen LogP contribution in [-0.4, -0.2) is 42.5 Å². The van der Waals surface area contributed by atoms with Gasteiger partial charge in [0, 0.05) is 6.54 Å². The van der Waals surface area contributed by atoms with E-state index in [1.54, 1.807) is 0 Å². The molecular weight excluding hydrogens is 227 g/mol. The van der Waals surface area contributed by atoms with E-state index < -0.39 is 12.1 Å². The van der Waals surface area contributed by atoms with E-state index in [0.717, 1.165) is 13.2 Å². The van der Waals surface area contributed by atoms with Gasteiger partial charge < -0.3 is 9.84 Å². The van der Waals surface area contributed by atoms with Crippen LogP contribution in [0.5, 0.6) is 0 Å². The fourth-order valence-electron chi connectivity index (χ4n) is 0.819. The lowest BCUT2D eigenvalue weighted by atomic mass is 10.0.